The summed E-state index contributed by atoms with van der Waals surface area (Å²) in [4.78, 5) is 15.9. The molecule has 7 nitrogen and oxygen atoms in total. The maximum atomic E-state index is 11.9. The van der Waals surface area contributed by atoms with Crippen molar-refractivity contribution in [2.45, 2.75) is 27.2 Å². The van der Waals surface area contributed by atoms with E-state index in [1.807, 2.05) is 20.9 Å². The number of hydrogen-bond acceptors (Lipinski definition) is 4. The standard InChI is InChI=1S/C11H16N6O/c1-6-9(7(2)17(4)16-6)5-10(18)13-11-12-8(3)14-15-11/h5H2,1-4H3,(H2,12,13,14,15,18). The highest BCUT2D eigenvalue weighted by molar-refractivity contribution is 5.90. The molecule has 0 spiro atoms. The summed E-state index contributed by atoms with van der Waals surface area (Å²) in [5, 5.41) is 13.5. The molecule has 0 saturated heterocycles. The van der Waals surface area contributed by atoms with Crippen LogP contribution in [0.4, 0.5) is 5.95 Å². The van der Waals surface area contributed by atoms with Crippen molar-refractivity contribution in [3.8, 4) is 0 Å². The molecule has 2 aromatic heterocycles. The van der Waals surface area contributed by atoms with Crippen molar-refractivity contribution >= 4 is 11.9 Å². The predicted molar refractivity (Wildman–Crippen MR) is 66.1 cm³/mol. The van der Waals surface area contributed by atoms with Gasteiger partial charge in [-0.15, -0.1) is 5.10 Å². The highest BCUT2D eigenvalue weighted by atomic mass is 16.1. The molecule has 0 aliphatic rings. The van der Waals surface area contributed by atoms with E-state index in [1.54, 1.807) is 11.6 Å². The fraction of sp³-hybridized carbons (Fsp3) is 0.455. The van der Waals surface area contributed by atoms with Crippen LogP contribution < -0.4 is 5.32 Å². The van der Waals surface area contributed by atoms with Gasteiger partial charge in [-0.1, -0.05) is 0 Å². The van der Waals surface area contributed by atoms with Gasteiger partial charge in [0.1, 0.15) is 5.82 Å². The van der Waals surface area contributed by atoms with Gasteiger partial charge in [0, 0.05) is 18.3 Å². The van der Waals surface area contributed by atoms with Crippen LogP contribution in [0.2, 0.25) is 0 Å². The number of carbonyl (C=O) groups excluding carboxylic acids is 1. The second kappa shape index (κ2) is 4.59. The maximum Gasteiger partial charge on any atom is 0.248 e. The first kappa shape index (κ1) is 12.3. The van der Waals surface area contributed by atoms with Gasteiger partial charge in [-0.2, -0.15) is 10.1 Å². The first-order valence-corrected chi connectivity index (χ1v) is 5.65. The third kappa shape index (κ3) is 2.39. The summed E-state index contributed by atoms with van der Waals surface area (Å²) in [5.41, 5.74) is 2.81. The van der Waals surface area contributed by atoms with Crippen LogP contribution in [0.1, 0.15) is 22.8 Å². The molecule has 96 valence electrons. The van der Waals surface area contributed by atoms with Gasteiger partial charge >= 0.3 is 0 Å². The van der Waals surface area contributed by atoms with E-state index in [-0.39, 0.29) is 12.3 Å². The summed E-state index contributed by atoms with van der Waals surface area (Å²) in [6.07, 6.45) is 0.277. The van der Waals surface area contributed by atoms with E-state index in [9.17, 15) is 4.79 Å². The van der Waals surface area contributed by atoms with Crippen LogP contribution >= 0.6 is 0 Å². The minimum absolute atomic E-state index is 0.145. The molecule has 1 amide bonds. The van der Waals surface area contributed by atoms with Crippen molar-refractivity contribution < 1.29 is 4.79 Å². The van der Waals surface area contributed by atoms with E-state index >= 15 is 0 Å². The number of H-pyrrole nitrogens is 1. The minimum Gasteiger partial charge on any atom is -0.293 e. The predicted octanol–water partition coefficient (Wildman–Crippen LogP) is 0.645. The van der Waals surface area contributed by atoms with E-state index in [4.69, 9.17) is 0 Å². The lowest BCUT2D eigenvalue weighted by atomic mass is 10.1. The number of rotatable bonds is 3. The van der Waals surface area contributed by atoms with Gasteiger partial charge in [-0.3, -0.25) is 19.9 Å². The number of nitrogens with one attached hydrogen (secondary N) is 2. The Labute approximate surface area is 105 Å². The Morgan fingerprint density at radius 2 is 2.11 bits per heavy atom. The molecule has 7 heteroatoms. The third-order valence-corrected chi connectivity index (χ3v) is 2.84. The molecular formula is C11H16N6O. The van der Waals surface area contributed by atoms with Crippen molar-refractivity contribution in [1.82, 2.24) is 25.0 Å². The van der Waals surface area contributed by atoms with E-state index in [0.29, 0.717) is 11.8 Å². The Hall–Kier alpha value is -2.18. The van der Waals surface area contributed by atoms with Crippen molar-refractivity contribution in [3.63, 3.8) is 0 Å². The molecule has 2 heterocycles. The number of nitrogens with zero attached hydrogens (tertiary/aromatic N) is 4. The van der Waals surface area contributed by atoms with E-state index in [0.717, 1.165) is 17.0 Å². The van der Waals surface area contributed by atoms with Crippen LogP contribution in [0.5, 0.6) is 0 Å². The lowest BCUT2D eigenvalue weighted by molar-refractivity contribution is -0.115. The number of carbonyl (C=O) groups is 1. The van der Waals surface area contributed by atoms with Gasteiger partial charge in [-0.05, 0) is 20.8 Å². The smallest absolute Gasteiger partial charge is 0.248 e. The molecular weight excluding hydrogens is 232 g/mol. The van der Waals surface area contributed by atoms with Crippen LogP contribution in [-0.4, -0.2) is 30.9 Å². The fourth-order valence-electron chi connectivity index (χ4n) is 1.80. The van der Waals surface area contributed by atoms with Gasteiger partial charge in [-0.25, -0.2) is 0 Å². The highest BCUT2D eigenvalue weighted by Gasteiger charge is 2.14. The second-order valence-electron chi connectivity index (χ2n) is 4.24. The molecule has 18 heavy (non-hydrogen) atoms. The van der Waals surface area contributed by atoms with E-state index in [2.05, 4.69) is 25.6 Å². The van der Waals surface area contributed by atoms with Crippen molar-refractivity contribution in [1.29, 1.82) is 0 Å². The molecule has 2 aromatic rings. The molecule has 0 aliphatic carbocycles. The number of amides is 1. The number of aromatic nitrogens is 5. The number of aryl methyl sites for hydroxylation is 3. The summed E-state index contributed by atoms with van der Waals surface area (Å²) >= 11 is 0. The van der Waals surface area contributed by atoms with Gasteiger partial charge in [0.25, 0.3) is 0 Å². The molecule has 0 fully saturated rings. The molecule has 0 aliphatic heterocycles. The second-order valence-corrected chi connectivity index (χ2v) is 4.24. The van der Waals surface area contributed by atoms with E-state index < -0.39 is 0 Å². The summed E-state index contributed by atoms with van der Waals surface area (Å²) < 4.78 is 1.77. The fourth-order valence-corrected chi connectivity index (χ4v) is 1.80. The summed E-state index contributed by atoms with van der Waals surface area (Å²) in [5.74, 6) is 0.823. The Bertz CT molecular complexity index is 582. The number of anilines is 1. The van der Waals surface area contributed by atoms with Crippen molar-refractivity contribution in [2.75, 3.05) is 5.32 Å². The first-order chi connectivity index (χ1) is 8.47. The zero-order valence-corrected chi connectivity index (χ0v) is 10.9. The Kier molecular flexibility index (Phi) is 3.14. The number of aromatic amines is 1. The van der Waals surface area contributed by atoms with Gasteiger partial charge in [0.05, 0.1) is 12.1 Å². The molecule has 0 unspecified atom stereocenters. The van der Waals surface area contributed by atoms with Crippen LogP contribution in [0.3, 0.4) is 0 Å². The number of hydrogen-bond donors (Lipinski definition) is 2. The summed E-state index contributed by atoms with van der Waals surface area (Å²) in [6.45, 7) is 5.62. The van der Waals surface area contributed by atoms with Crippen LogP contribution in [-0.2, 0) is 18.3 Å². The zero-order chi connectivity index (χ0) is 13.3. The SMILES string of the molecule is Cc1nc(NC(=O)Cc2c(C)nn(C)c2C)n[nH]1. The third-order valence-electron chi connectivity index (χ3n) is 2.84. The molecule has 0 radical (unpaired) electrons. The molecule has 0 aromatic carbocycles. The Morgan fingerprint density at radius 3 is 2.61 bits per heavy atom. The molecule has 2 rings (SSSR count). The quantitative estimate of drug-likeness (QED) is 0.834. The first-order valence-electron chi connectivity index (χ1n) is 5.65. The zero-order valence-electron chi connectivity index (χ0n) is 10.9. The normalized spacial score (nSPS) is 10.7. The van der Waals surface area contributed by atoms with Gasteiger partial charge < -0.3 is 0 Å². The van der Waals surface area contributed by atoms with Gasteiger partial charge in [0.15, 0.2) is 0 Å². The average Bonchev–Trinajstić information content (AvgIpc) is 2.78. The Morgan fingerprint density at radius 1 is 1.39 bits per heavy atom. The molecule has 0 bridgehead atoms. The van der Waals surface area contributed by atoms with Crippen LogP contribution in [0.25, 0.3) is 0 Å². The lowest BCUT2D eigenvalue weighted by Gasteiger charge is -2.02. The molecule has 0 atom stereocenters. The van der Waals surface area contributed by atoms with Crippen molar-refractivity contribution in [2.24, 2.45) is 7.05 Å². The topological polar surface area (TPSA) is 88.5 Å². The largest absolute Gasteiger partial charge is 0.293 e. The van der Waals surface area contributed by atoms with Gasteiger partial charge in [0.2, 0.25) is 11.9 Å². The van der Waals surface area contributed by atoms with Crippen LogP contribution in [0.15, 0.2) is 0 Å². The van der Waals surface area contributed by atoms with E-state index in [1.165, 1.54) is 0 Å². The molecule has 2 N–H and O–H groups in total. The maximum absolute atomic E-state index is 11.9. The monoisotopic (exact) mass is 248 g/mol. The Balaban J connectivity index is 2.07. The van der Waals surface area contributed by atoms with Crippen molar-refractivity contribution in [3.05, 3.63) is 22.8 Å². The summed E-state index contributed by atoms with van der Waals surface area (Å²) in [7, 11) is 1.86. The lowest BCUT2D eigenvalue weighted by Crippen LogP contribution is -2.16. The minimum atomic E-state index is -0.145. The molecule has 0 saturated carbocycles. The highest BCUT2D eigenvalue weighted by Crippen LogP contribution is 2.13. The average molecular weight is 248 g/mol. The van der Waals surface area contributed by atoms with Crippen LogP contribution in [0, 0.1) is 20.8 Å². The summed E-state index contributed by atoms with van der Waals surface area (Å²) in [6, 6.07) is 0.